The Labute approximate surface area is 129 Å². The van der Waals surface area contributed by atoms with Crippen molar-refractivity contribution < 1.29 is 9.13 Å². The highest BCUT2D eigenvalue weighted by Gasteiger charge is 2.12. The minimum Gasteiger partial charge on any atom is -0.488 e. The number of halogens is 2. The molecule has 1 atom stereocenters. The van der Waals surface area contributed by atoms with Gasteiger partial charge in [-0.1, -0.05) is 42.8 Å². The molecule has 0 aliphatic carbocycles. The van der Waals surface area contributed by atoms with Gasteiger partial charge in [0.25, 0.3) is 0 Å². The van der Waals surface area contributed by atoms with E-state index < -0.39 is 0 Å². The lowest BCUT2D eigenvalue weighted by molar-refractivity contribution is 0.298. The summed E-state index contributed by atoms with van der Waals surface area (Å²) < 4.78 is 19.3. The molecule has 1 unspecified atom stereocenters. The quantitative estimate of drug-likeness (QED) is 0.833. The first kappa shape index (κ1) is 15.8. The molecule has 0 amide bonds. The average Bonchev–Trinajstić information content (AvgIpc) is 2.46. The van der Waals surface area contributed by atoms with Crippen LogP contribution in [0.25, 0.3) is 0 Å². The maximum atomic E-state index is 13.5. The van der Waals surface area contributed by atoms with Crippen molar-refractivity contribution in [3.05, 3.63) is 64.4 Å². The number of nitrogens with one attached hydrogen (secondary N) is 1. The Bertz CT molecular complexity index is 603. The lowest BCUT2D eigenvalue weighted by Gasteiger charge is -2.18. The summed E-state index contributed by atoms with van der Waals surface area (Å²) in [5.41, 5.74) is 1.82. The second-order valence-electron chi connectivity index (χ2n) is 4.84. The molecule has 0 spiro atoms. The Kier molecular flexibility index (Phi) is 5.59. The average molecular weight is 308 g/mol. The fourth-order valence-corrected chi connectivity index (χ4v) is 2.37. The maximum absolute atomic E-state index is 13.5. The first-order valence-electron chi connectivity index (χ1n) is 7.01. The van der Waals surface area contributed by atoms with Crippen LogP contribution in [-0.2, 0) is 6.61 Å². The molecule has 2 aromatic carbocycles. The minimum atomic E-state index is -0.309. The summed E-state index contributed by atoms with van der Waals surface area (Å²) in [5, 5.41) is 3.95. The predicted octanol–water partition coefficient (Wildman–Crippen LogP) is 4.73. The minimum absolute atomic E-state index is 0.0943. The van der Waals surface area contributed by atoms with Gasteiger partial charge in [0.1, 0.15) is 18.2 Å². The van der Waals surface area contributed by atoms with E-state index >= 15 is 0 Å². The van der Waals surface area contributed by atoms with Crippen LogP contribution >= 0.6 is 11.6 Å². The van der Waals surface area contributed by atoms with Gasteiger partial charge < -0.3 is 10.1 Å². The van der Waals surface area contributed by atoms with E-state index in [1.54, 1.807) is 6.07 Å². The molecule has 4 heteroatoms. The maximum Gasteiger partial charge on any atom is 0.127 e. The summed E-state index contributed by atoms with van der Waals surface area (Å²) in [5.74, 6) is 0.236. The van der Waals surface area contributed by atoms with Gasteiger partial charge in [0, 0.05) is 28.3 Å². The first-order valence-corrected chi connectivity index (χ1v) is 7.38. The largest absolute Gasteiger partial charge is 0.488 e. The molecule has 0 saturated carbocycles. The second kappa shape index (κ2) is 7.43. The molecular weight excluding hydrogens is 289 g/mol. The molecule has 2 rings (SSSR count). The van der Waals surface area contributed by atoms with Crippen molar-refractivity contribution in [2.45, 2.75) is 26.5 Å². The SMILES string of the molecule is CCNC(C)c1ccc(F)cc1OCc1ccccc1Cl. The number of hydrogen-bond donors (Lipinski definition) is 1. The third-order valence-electron chi connectivity index (χ3n) is 3.29. The van der Waals surface area contributed by atoms with Crippen LogP contribution in [0.3, 0.4) is 0 Å². The predicted molar refractivity (Wildman–Crippen MR) is 84.3 cm³/mol. The summed E-state index contributed by atoms with van der Waals surface area (Å²) in [7, 11) is 0. The topological polar surface area (TPSA) is 21.3 Å². The van der Waals surface area contributed by atoms with E-state index in [9.17, 15) is 4.39 Å². The molecule has 2 nitrogen and oxygen atoms in total. The first-order chi connectivity index (χ1) is 10.1. The van der Waals surface area contributed by atoms with E-state index in [0.717, 1.165) is 17.7 Å². The van der Waals surface area contributed by atoms with Crippen LogP contribution < -0.4 is 10.1 Å². The highest BCUT2D eigenvalue weighted by atomic mass is 35.5. The molecule has 0 heterocycles. The molecule has 21 heavy (non-hydrogen) atoms. The monoisotopic (exact) mass is 307 g/mol. The van der Waals surface area contributed by atoms with Gasteiger partial charge in [0.05, 0.1) is 0 Å². The summed E-state index contributed by atoms with van der Waals surface area (Å²) in [6.45, 7) is 5.21. The van der Waals surface area contributed by atoms with Crippen molar-refractivity contribution in [1.29, 1.82) is 0 Å². The molecule has 0 aliphatic heterocycles. The van der Waals surface area contributed by atoms with Gasteiger partial charge in [-0.25, -0.2) is 4.39 Å². The van der Waals surface area contributed by atoms with Gasteiger partial charge in [0.2, 0.25) is 0 Å². The highest BCUT2D eigenvalue weighted by molar-refractivity contribution is 6.31. The smallest absolute Gasteiger partial charge is 0.127 e. The lowest BCUT2D eigenvalue weighted by atomic mass is 10.1. The summed E-state index contributed by atoms with van der Waals surface area (Å²) in [6, 6.07) is 12.2. The van der Waals surface area contributed by atoms with E-state index in [1.807, 2.05) is 38.1 Å². The van der Waals surface area contributed by atoms with Crippen molar-refractivity contribution in [1.82, 2.24) is 5.32 Å². The zero-order valence-electron chi connectivity index (χ0n) is 12.2. The number of benzene rings is 2. The molecule has 0 aromatic heterocycles. The van der Waals surface area contributed by atoms with Crippen molar-refractivity contribution in [2.24, 2.45) is 0 Å². The fraction of sp³-hybridized carbons (Fsp3) is 0.294. The molecular formula is C17H19ClFNO. The van der Waals surface area contributed by atoms with E-state index in [4.69, 9.17) is 16.3 Å². The van der Waals surface area contributed by atoms with E-state index in [0.29, 0.717) is 17.4 Å². The van der Waals surface area contributed by atoms with Crippen molar-refractivity contribution >= 4 is 11.6 Å². The molecule has 112 valence electrons. The van der Waals surface area contributed by atoms with Gasteiger partial charge >= 0.3 is 0 Å². The Morgan fingerprint density at radius 1 is 1.24 bits per heavy atom. The number of ether oxygens (including phenoxy) is 1. The summed E-state index contributed by atoms with van der Waals surface area (Å²) >= 11 is 6.11. The van der Waals surface area contributed by atoms with Gasteiger partial charge in [-0.3, -0.25) is 0 Å². The highest BCUT2D eigenvalue weighted by Crippen LogP contribution is 2.27. The van der Waals surface area contributed by atoms with Crippen LogP contribution in [0.1, 0.15) is 31.0 Å². The van der Waals surface area contributed by atoms with Crippen molar-refractivity contribution in [2.75, 3.05) is 6.54 Å². The third kappa shape index (κ3) is 4.19. The van der Waals surface area contributed by atoms with Gasteiger partial charge in [0.15, 0.2) is 0 Å². The van der Waals surface area contributed by atoms with Gasteiger partial charge in [-0.15, -0.1) is 0 Å². The molecule has 0 aliphatic rings. The van der Waals surface area contributed by atoms with Crippen LogP contribution in [-0.4, -0.2) is 6.54 Å². The summed E-state index contributed by atoms with van der Waals surface area (Å²) in [6.07, 6.45) is 0. The summed E-state index contributed by atoms with van der Waals surface area (Å²) in [4.78, 5) is 0. The van der Waals surface area contributed by atoms with Crippen LogP contribution in [0.2, 0.25) is 5.02 Å². The fourth-order valence-electron chi connectivity index (χ4n) is 2.18. The lowest BCUT2D eigenvalue weighted by Crippen LogP contribution is -2.18. The van der Waals surface area contributed by atoms with Crippen molar-refractivity contribution in [3.63, 3.8) is 0 Å². The van der Waals surface area contributed by atoms with Gasteiger partial charge in [-0.05, 0) is 25.6 Å². The molecule has 2 aromatic rings. The molecule has 0 radical (unpaired) electrons. The second-order valence-corrected chi connectivity index (χ2v) is 5.25. The van der Waals surface area contributed by atoms with Crippen LogP contribution in [0.4, 0.5) is 4.39 Å². The number of rotatable bonds is 6. The Morgan fingerprint density at radius 2 is 2.00 bits per heavy atom. The Balaban J connectivity index is 2.18. The van der Waals surface area contributed by atoms with Crippen LogP contribution in [0.15, 0.2) is 42.5 Å². The zero-order chi connectivity index (χ0) is 15.2. The standard InChI is InChI=1S/C17H19ClFNO/c1-3-20-12(2)15-9-8-14(19)10-17(15)21-11-13-6-4-5-7-16(13)18/h4-10,12,20H,3,11H2,1-2H3. The molecule has 0 saturated heterocycles. The molecule has 0 fully saturated rings. The van der Waals surface area contributed by atoms with Crippen molar-refractivity contribution in [3.8, 4) is 5.75 Å². The zero-order valence-corrected chi connectivity index (χ0v) is 13.0. The van der Waals surface area contributed by atoms with Crippen LogP contribution in [0, 0.1) is 5.82 Å². The number of hydrogen-bond acceptors (Lipinski definition) is 2. The third-order valence-corrected chi connectivity index (χ3v) is 3.66. The van der Waals surface area contributed by atoms with E-state index in [-0.39, 0.29) is 11.9 Å². The normalized spacial score (nSPS) is 12.2. The van der Waals surface area contributed by atoms with Crippen LogP contribution in [0.5, 0.6) is 5.75 Å². The Hall–Kier alpha value is -1.58. The molecule has 1 N–H and O–H groups in total. The van der Waals surface area contributed by atoms with Gasteiger partial charge in [-0.2, -0.15) is 0 Å². The van der Waals surface area contributed by atoms with E-state index in [1.165, 1.54) is 12.1 Å². The molecule has 0 bridgehead atoms. The Morgan fingerprint density at radius 3 is 2.71 bits per heavy atom. The van der Waals surface area contributed by atoms with E-state index in [2.05, 4.69) is 5.32 Å².